The van der Waals surface area contributed by atoms with E-state index in [-0.39, 0.29) is 17.0 Å². The van der Waals surface area contributed by atoms with E-state index >= 15 is 0 Å². The van der Waals surface area contributed by atoms with Crippen LogP contribution in [0.25, 0.3) is 0 Å². The van der Waals surface area contributed by atoms with Crippen LogP contribution in [0.4, 0.5) is 0 Å². The molecule has 0 aliphatic carbocycles. The minimum Gasteiger partial charge on any atom is -0.481 e. The molecule has 0 fully saturated rings. The van der Waals surface area contributed by atoms with Crippen LogP contribution in [-0.4, -0.2) is 22.2 Å². The van der Waals surface area contributed by atoms with E-state index in [9.17, 15) is 9.59 Å². The molecule has 0 saturated heterocycles. The third kappa shape index (κ3) is 13.1. The summed E-state index contributed by atoms with van der Waals surface area (Å²) in [6.45, 7) is 9.54. The zero-order chi connectivity index (χ0) is 11.7. The molecular formula is C9H11ClO4. The van der Waals surface area contributed by atoms with Gasteiger partial charge in [0.2, 0.25) is 0 Å². The minimum atomic E-state index is -1.02. The van der Waals surface area contributed by atoms with E-state index < -0.39 is 11.9 Å². The van der Waals surface area contributed by atoms with Gasteiger partial charge in [-0.2, -0.15) is 0 Å². The molecule has 0 radical (unpaired) electrons. The first-order valence-corrected chi connectivity index (χ1v) is 3.78. The van der Waals surface area contributed by atoms with Gasteiger partial charge in [0.25, 0.3) is 0 Å². The summed E-state index contributed by atoms with van der Waals surface area (Å²) in [6, 6.07) is 0. The van der Waals surface area contributed by atoms with Crippen molar-refractivity contribution in [1.29, 1.82) is 0 Å². The van der Waals surface area contributed by atoms with Gasteiger partial charge in [-0.25, -0.2) is 4.79 Å². The Bertz CT molecular complexity index is 256. The average molecular weight is 219 g/mol. The number of hydrogen-bond donors (Lipinski definition) is 2. The van der Waals surface area contributed by atoms with E-state index in [1.54, 1.807) is 0 Å². The summed E-state index contributed by atoms with van der Waals surface area (Å²) in [5, 5.41) is 16.1. The molecule has 5 heteroatoms. The van der Waals surface area contributed by atoms with E-state index in [0.717, 1.165) is 0 Å². The molecule has 0 amide bonds. The largest absolute Gasteiger partial charge is 0.481 e. The van der Waals surface area contributed by atoms with E-state index in [2.05, 4.69) is 19.7 Å². The van der Waals surface area contributed by atoms with E-state index in [1.165, 1.54) is 6.08 Å². The molecule has 0 aromatic rings. The van der Waals surface area contributed by atoms with Crippen LogP contribution < -0.4 is 0 Å². The zero-order valence-electron chi connectivity index (χ0n) is 7.49. The molecule has 0 aliphatic rings. The first-order chi connectivity index (χ1) is 6.31. The van der Waals surface area contributed by atoms with Crippen LogP contribution in [0.1, 0.15) is 6.42 Å². The molecule has 4 nitrogen and oxygen atoms in total. The molecule has 0 aliphatic heterocycles. The van der Waals surface area contributed by atoms with Gasteiger partial charge in [-0.15, -0.1) is 0 Å². The van der Waals surface area contributed by atoms with Crippen LogP contribution in [0.5, 0.6) is 0 Å². The summed E-state index contributed by atoms with van der Waals surface area (Å²) in [4.78, 5) is 19.4. The van der Waals surface area contributed by atoms with Crippen LogP contribution >= 0.6 is 11.6 Å². The van der Waals surface area contributed by atoms with Gasteiger partial charge < -0.3 is 10.2 Å². The zero-order valence-corrected chi connectivity index (χ0v) is 8.25. The fourth-order valence-corrected chi connectivity index (χ4v) is 0.366. The number of carboxylic acids is 2. The second-order valence-corrected chi connectivity index (χ2v) is 2.66. The Labute approximate surface area is 86.8 Å². The van der Waals surface area contributed by atoms with Crippen molar-refractivity contribution < 1.29 is 19.8 Å². The van der Waals surface area contributed by atoms with E-state index in [4.69, 9.17) is 21.8 Å². The number of aliphatic carboxylic acids is 2. The first-order valence-electron chi connectivity index (χ1n) is 3.41. The monoisotopic (exact) mass is 218 g/mol. The van der Waals surface area contributed by atoms with E-state index in [1.807, 2.05) is 0 Å². The molecule has 0 bridgehead atoms. The summed E-state index contributed by atoms with van der Waals surface area (Å²) >= 11 is 5.10. The Morgan fingerprint density at radius 3 is 1.71 bits per heavy atom. The lowest BCUT2D eigenvalue weighted by Crippen LogP contribution is -1.93. The number of carbonyl (C=O) groups is 2. The van der Waals surface area contributed by atoms with Gasteiger partial charge in [-0.05, 0) is 0 Å². The molecule has 0 aromatic carbocycles. The van der Waals surface area contributed by atoms with Crippen molar-refractivity contribution >= 4 is 23.5 Å². The second kappa shape index (κ2) is 8.07. The van der Waals surface area contributed by atoms with Crippen molar-refractivity contribution in [3.8, 4) is 0 Å². The SMILES string of the molecule is C=C(Cl)CC(=O)O.C=CC(=C)C(=O)O. The van der Waals surface area contributed by atoms with Crippen molar-refractivity contribution in [3.63, 3.8) is 0 Å². The molecule has 0 aromatic heterocycles. The lowest BCUT2D eigenvalue weighted by atomic mass is 10.3. The first kappa shape index (κ1) is 14.9. The minimum absolute atomic E-state index is 0.0278. The highest BCUT2D eigenvalue weighted by Gasteiger charge is 1.94. The number of carboxylic acid groups (broad SMARTS) is 2. The maximum Gasteiger partial charge on any atom is 0.335 e. The Balaban J connectivity index is 0. The summed E-state index contributed by atoms with van der Waals surface area (Å²) in [7, 11) is 0. The quantitative estimate of drug-likeness (QED) is 0.559. The molecule has 2 N–H and O–H groups in total. The van der Waals surface area contributed by atoms with Gasteiger partial charge in [-0.3, -0.25) is 4.79 Å². The molecular weight excluding hydrogens is 208 g/mol. The number of hydrogen-bond acceptors (Lipinski definition) is 2. The number of halogens is 1. The highest BCUT2D eigenvalue weighted by Crippen LogP contribution is 2.00. The smallest absolute Gasteiger partial charge is 0.335 e. The van der Waals surface area contributed by atoms with Gasteiger partial charge in [0.1, 0.15) is 0 Å². The molecule has 14 heavy (non-hydrogen) atoms. The topological polar surface area (TPSA) is 74.6 Å². The Hall–Kier alpha value is -1.55. The molecule has 0 unspecified atom stereocenters. The van der Waals surface area contributed by atoms with Crippen molar-refractivity contribution in [2.24, 2.45) is 0 Å². The highest BCUT2D eigenvalue weighted by atomic mass is 35.5. The van der Waals surface area contributed by atoms with Crippen molar-refractivity contribution in [2.75, 3.05) is 0 Å². The van der Waals surface area contributed by atoms with Crippen LogP contribution in [-0.2, 0) is 9.59 Å². The molecule has 0 saturated carbocycles. The van der Waals surface area contributed by atoms with Gasteiger partial charge in [0.15, 0.2) is 0 Å². The normalized spacial score (nSPS) is 7.79. The third-order valence-corrected chi connectivity index (χ3v) is 0.998. The summed E-state index contributed by atoms with van der Waals surface area (Å²) < 4.78 is 0. The van der Waals surface area contributed by atoms with Crippen LogP contribution in [0.3, 0.4) is 0 Å². The predicted molar refractivity (Wildman–Crippen MR) is 54.2 cm³/mol. The van der Waals surface area contributed by atoms with Gasteiger partial charge in [0, 0.05) is 5.03 Å². The fourth-order valence-electron chi connectivity index (χ4n) is 0.251. The maximum absolute atomic E-state index is 9.76. The summed E-state index contributed by atoms with van der Waals surface area (Å²) in [5.74, 6) is -1.96. The van der Waals surface area contributed by atoms with Crippen LogP contribution in [0.2, 0.25) is 0 Å². The van der Waals surface area contributed by atoms with Gasteiger partial charge in [0.05, 0.1) is 12.0 Å². The summed E-state index contributed by atoms with van der Waals surface area (Å²) in [6.07, 6.45) is 1.05. The lowest BCUT2D eigenvalue weighted by Gasteiger charge is -1.83. The highest BCUT2D eigenvalue weighted by molar-refractivity contribution is 6.30. The molecule has 78 valence electrons. The standard InChI is InChI=1S/C5H6O2.C4H5ClO2/c1-3-4(2)5(6)7;1-3(5)2-4(6)7/h3H,1-2H2,(H,6,7);1-2H2,(H,6,7). The lowest BCUT2D eigenvalue weighted by molar-refractivity contribution is -0.136. The van der Waals surface area contributed by atoms with Crippen LogP contribution in [0, 0.1) is 0 Å². The van der Waals surface area contributed by atoms with Crippen molar-refractivity contribution in [3.05, 3.63) is 36.4 Å². The maximum atomic E-state index is 9.76. The predicted octanol–water partition coefficient (Wildman–Crippen LogP) is 2.03. The molecule has 0 atom stereocenters. The Morgan fingerprint density at radius 1 is 1.29 bits per heavy atom. The molecule has 0 rings (SSSR count). The second-order valence-electron chi connectivity index (χ2n) is 2.12. The number of rotatable bonds is 4. The van der Waals surface area contributed by atoms with Gasteiger partial charge >= 0.3 is 11.9 Å². The van der Waals surface area contributed by atoms with Gasteiger partial charge in [-0.1, -0.05) is 37.4 Å². The van der Waals surface area contributed by atoms with Crippen molar-refractivity contribution in [1.82, 2.24) is 0 Å². The molecule has 0 spiro atoms. The Kier molecular flexibility index (Phi) is 8.61. The molecule has 0 heterocycles. The van der Waals surface area contributed by atoms with Crippen molar-refractivity contribution in [2.45, 2.75) is 6.42 Å². The van der Waals surface area contributed by atoms with Crippen LogP contribution in [0.15, 0.2) is 36.4 Å². The average Bonchev–Trinajstić information content (AvgIpc) is 2.01. The summed E-state index contributed by atoms with van der Waals surface area (Å²) in [5.41, 5.74) is 0.0278. The fraction of sp³-hybridized carbons (Fsp3) is 0.111. The third-order valence-electron chi connectivity index (χ3n) is 0.864. The Morgan fingerprint density at radius 2 is 1.71 bits per heavy atom. The van der Waals surface area contributed by atoms with E-state index in [0.29, 0.717) is 0 Å².